The Hall–Kier alpha value is -3.98. The summed E-state index contributed by atoms with van der Waals surface area (Å²) in [4.78, 5) is 31.9. The van der Waals surface area contributed by atoms with Gasteiger partial charge in [-0.15, -0.1) is 10.2 Å². The monoisotopic (exact) mass is 517 g/mol. The van der Waals surface area contributed by atoms with Crippen LogP contribution in [0.3, 0.4) is 0 Å². The molecule has 0 unspecified atom stereocenters. The molecule has 1 aliphatic heterocycles. The Labute approximate surface area is 224 Å². The van der Waals surface area contributed by atoms with Crippen LogP contribution in [0, 0.1) is 6.92 Å². The van der Waals surface area contributed by atoms with Gasteiger partial charge in [-0.05, 0) is 61.9 Å². The number of benzene rings is 2. The lowest BCUT2D eigenvalue weighted by atomic mass is 10.1. The Kier molecular flexibility index (Phi) is 9.26. The Morgan fingerprint density at radius 3 is 2.32 bits per heavy atom. The molecule has 200 valence electrons. The van der Waals surface area contributed by atoms with Crippen molar-refractivity contribution in [3.63, 3.8) is 0 Å². The number of rotatable bonds is 9. The van der Waals surface area contributed by atoms with Crippen LogP contribution in [-0.2, 0) is 9.53 Å². The minimum Gasteiger partial charge on any atom is -0.497 e. The summed E-state index contributed by atoms with van der Waals surface area (Å²) >= 11 is 0. The first-order chi connectivity index (χ1) is 18.5. The highest BCUT2D eigenvalue weighted by molar-refractivity contribution is 5.96. The van der Waals surface area contributed by atoms with Gasteiger partial charge in [0, 0.05) is 51.0 Å². The molecular weight excluding hydrogens is 482 g/mol. The number of carbonyl (C=O) groups is 2. The standard InChI is InChI=1S/C29H35N5O4/c1-22-5-7-24(8-6-22)29(36)34(19-20-37-2)21-28(35)33-16-4-15-32(17-18-33)27-14-13-26(30-31-27)23-9-11-25(38-3)12-10-23/h5-14H,4,15-21H2,1-3H3. The second kappa shape index (κ2) is 13.0. The third-order valence-electron chi connectivity index (χ3n) is 6.69. The van der Waals surface area contributed by atoms with Crippen molar-refractivity contribution in [2.24, 2.45) is 0 Å². The first-order valence-corrected chi connectivity index (χ1v) is 12.8. The van der Waals surface area contributed by atoms with Crippen molar-refractivity contribution >= 4 is 17.6 Å². The van der Waals surface area contributed by atoms with Gasteiger partial charge in [0.25, 0.3) is 5.91 Å². The van der Waals surface area contributed by atoms with Crippen molar-refractivity contribution in [2.75, 3.05) is 65.0 Å². The molecule has 0 radical (unpaired) electrons. The van der Waals surface area contributed by atoms with Crippen LogP contribution in [0.2, 0.25) is 0 Å². The highest BCUT2D eigenvalue weighted by Gasteiger charge is 2.24. The molecule has 0 atom stereocenters. The maximum atomic E-state index is 13.2. The lowest BCUT2D eigenvalue weighted by Crippen LogP contribution is -2.45. The molecule has 1 saturated heterocycles. The predicted octanol–water partition coefficient (Wildman–Crippen LogP) is 3.29. The van der Waals surface area contributed by atoms with E-state index in [9.17, 15) is 9.59 Å². The smallest absolute Gasteiger partial charge is 0.254 e. The summed E-state index contributed by atoms with van der Waals surface area (Å²) < 4.78 is 10.4. The van der Waals surface area contributed by atoms with E-state index in [0.29, 0.717) is 38.3 Å². The van der Waals surface area contributed by atoms with Gasteiger partial charge >= 0.3 is 0 Å². The Morgan fingerprint density at radius 1 is 0.895 bits per heavy atom. The summed E-state index contributed by atoms with van der Waals surface area (Å²) in [7, 11) is 3.23. The van der Waals surface area contributed by atoms with E-state index in [1.807, 2.05) is 60.4 Å². The van der Waals surface area contributed by atoms with E-state index in [1.54, 1.807) is 31.3 Å². The van der Waals surface area contributed by atoms with Crippen LogP contribution in [0.1, 0.15) is 22.3 Å². The molecular formula is C29H35N5O4. The normalized spacial score (nSPS) is 13.7. The fourth-order valence-corrected chi connectivity index (χ4v) is 4.40. The molecule has 0 bridgehead atoms. The summed E-state index contributed by atoms with van der Waals surface area (Å²) in [5.41, 5.74) is 3.40. The van der Waals surface area contributed by atoms with E-state index in [4.69, 9.17) is 9.47 Å². The Morgan fingerprint density at radius 2 is 1.66 bits per heavy atom. The van der Waals surface area contributed by atoms with Crippen LogP contribution in [0.5, 0.6) is 5.75 Å². The first-order valence-electron chi connectivity index (χ1n) is 12.8. The first kappa shape index (κ1) is 27.1. The number of nitrogens with zero attached hydrogens (tertiary/aromatic N) is 5. The largest absolute Gasteiger partial charge is 0.497 e. The molecule has 3 aromatic rings. The summed E-state index contributed by atoms with van der Waals surface area (Å²) in [5, 5.41) is 8.87. The van der Waals surface area contributed by atoms with Gasteiger partial charge in [-0.3, -0.25) is 9.59 Å². The fourth-order valence-electron chi connectivity index (χ4n) is 4.40. The number of aromatic nitrogens is 2. The van der Waals surface area contributed by atoms with E-state index in [2.05, 4.69) is 15.1 Å². The number of amides is 2. The average Bonchev–Trinajstić information content (AvgIpc) is 3.22. The minimum atomic E-state index is -0.168. The zero-order valence-corrected chi connectivity index (χ0v) is 22.3. The molecule has 2 heterocycles. The molecule has 9 heteroatoms. The van der Waals surface area contributed by atoms with Crippen molar-refractivity contribution in [3.8, 4) is 17.0 Å². The highest BCUT2D eigenvalue weighted by atomic mass is 16.5. The van der Waals surface area contributed by atoms with Crippen molar-refractivity contribution in [2.45, 2.75) is 13.3 Å². The molecule has 0 spiro atoms. The van der Waals surface area contributed by atoms with Gasteiger partial charge in [0.1, 0.15) is 12.3 Å². The van der Waals surface area contributed by atoms with Crippen LogP contribution < -0.4 is 9.64 Å². The number of carbonyl (C=O) groups excluding carboxylic acids is 2. The second-order valence-corrected chi connectivity index (χ2v) is 9.31. The Balaban J connectivity index is 1.36. The van der Waals surface area contributed by atoms with Gasteiger partial charge in [-0.25, -0.2) is 0 Å². The third kappa shape index (κ3) is 6.86. The molecule has 4 rings (SSSR count). The van der Waals surface area contributed by atoms with Gasteiger partial charge in [-0.1, -0.05) is 17.7 Å². The molecule has 0 N–H and O–H groups in total. The van der Waals surface area contributed by atoms with Gasteiger partial charge in [0.2, 0.25) is 5.91 Å². The zero-order valence-electron chi connectivity index (χ0n) is 22.3. The molecule has 1 aromatic heterocycles. The number of aryl methyl sites for hydroxylation is 1. The average molecular weight is 518 g/mol. The molecule has 0 saturated carbocycles. The van der Waals surface area contributed by atoms with Crippen LogP contribution in [0.25, 0.3) is 11.3 Å². The van der Waals surface area contributed by atoms with E-state index in [1.165, 1.54) is 0 Å². The zero-order chi connectivity index (χ0) is 26.9. The minimum absolute atomic E-state index is 0.0203. The van der Waals surface area contributed by atoms with Crippen molar-refractivity contribution in [1.29, 1.82) is 0 Å². The number of anilines is 1. The van der Waals surface area contributed by atoms with Crippen LogP contribution in [-0.4, -0.2) is 91.9 Å². The maximum absolute atomic E-state index is 13.2. The highest BCUT2D eigenvalue weighted by Crippen LogP contribution is 2.22. The Bertz CT molecular complexity index is 1200. The van der Waals surface area contributed by atoms with Crippen molar-refractivity contribution in [1.82, 2.24) is 20.0 Å². The van der Waals surface area contributed by atoms with E-state index >= 15 is 0 Å². The molecule has 1 fully saturated rings. The molecule has 0 aliphatic carbocycles. The quantitative estimate of drug-likeness (QED) is 0.430. The molecule has 2 amide bonds. The lowest BCUT2D eigenvalue weighted by Gasteiger charge is -2.27. The van der Waals surface area contributed by atoms with E-state index in [-0.39, 0.29) is 18.4 Å². The molecule has 2 aromatic carbocycles. The molecule has 1 aliphatic rings. The number of methoxy groups -OCH3 is 2. The van der Waals surface area contributed by atoms with Crippen LogP contribution >= 0.6 is 0 Å². The van der Waals surface area contributed by atoms with Crippen LogP contribution in [0.4, 0.5) is 5.82 Å². The lowest BCUT2D eigenvalue weighted by molar-refractivity contribution is -0.131. The van der Waals surface area contributed by atoms with Gasteiger partial charge in [0.15, 0.2) is 5.82 Å². The molecule has 9 nitrogen and oxygen atoms in total. The molecule has 38 heavy (non-hydrogen) atoms. The summed E-state index contributed by atoms with van der Waals surface area (Å²) in [6.07, 6.45) is 0.803. The number of ether oxygens (including phenoxy) is 2. The van der Waals surface area contributed by atoms with E-state index in [0.717, 1.165) is 41.4 Å². The third-order valence-corrected chi connectivity index (χ3v) is 6.69. The summed E-state index contributed by atoms with van der Waals surface area (Å²) in [6.45, 7) is 5.31. The summed E-state index contributed by atoms with van der Waals surface area (Å²) in [5.74, 6) is 1.35. The van der Waals surface area contributed by atoms with E-state index < -0.39 is 0 Å². The maximum Gasteiger partial charge on any atom is 0.254 e. The topological polar surface area (TPSA) is 88.1 Å². The van der Waals surface area contributed by atoms with Crippen molar-refractivity contribution < 1.29 is 19.1 Å². The van der Waals surface area contributed by atoms with Gasteiger partial charge in [-0.2, -0.15) is 0 Å². The van der Waals surface area contributed by atoms with Gasteiger partial charge < -0.3 is 24.2 Å². The second-order valence-electron chi connectivity index (χ2n) is 9.31. The van der Waals surface area contributed by atoms with Gasteiger partial charge in [0.05, 0.1) is 19.4 Å². The number of hydrogen-bond acceptors (Lipinski definition) is 7. The SMILES string of the molecule is COCCN(CC(=O)N1CCCN(c2ccc(-c3ccc(OC)cc3)nn2)CC1)C(=O)c1ccc(C)cc1. The summed E-state index contributed by atoms with van der Waals surface area (Å²) in [6, 6.07) is 19.0. The predicted molar refractivity (Wildman–Crippen MR) is 146 cm³/mol. The van der Waals surface area contributed by atoms with Crippen molar-refractivity contribution in [3.05, 3.63) is 71.8 Å². The van der Waals surface area contributed by atoms with Crippen LogP contribution in [0.15, 0.2) is 60.7 Å². The number of hydrogen-bond donors (Lipinski definition) is 0. The fraction of sp³-hybridized carbons (Fsp3) is 0.379.